The number of rotatable bonds is 1. The van der Waals surface area contributed by atoms with Crippen LogP contribution in [-0.2, 0) is 4.79 Å². The molecule has 1 atom stereocenters. The summed E-state index contributed by atoms with van der Waals surface area (Å²) in [5.41, 5.74) is 9.85. The van der Waals surface area contributed by atoms with E-state index < -0.39 is 6.04 Å². The van der Waals surface area contributed by atoms with Gasteiger partial charge in [-0.15, -0.1) is 0 Å². The number of carbonyl (C=O) groups is 1. The Hall–Kier alpha value is -2.37. The summed E-state index contributed by atoms with van der Waals surface area (Å²) in [5.74, 6) is -0.214. The highest BCUT2D eigenvalue weighted by Gasteiger charge is 2.28. The first kappa shape index (κ1) is 12.4. The van der Waals surface area contributed by atoms with Gasteiger partial charge in [-0.25, -0.2) is 4.98 Å². The van der Waals surface area contributed by atoms with Crippen molar-refractivity contribution in [2.24, 2.45) is 5.73 Å². The van der Waals surface area contributed by atoms with E-state index >= 15 is 0 Å². The second kappa shape index (κ2) is 4.31. The summed E-state index contributed by atoms with van der Waals surface area (Å²) in [6, 6.07) is 10.7. The summed E-state index contributed by atoms with van der Waals surface area (Å²) in [4.78, 5) is 16.0. The molecule has 5 nitrogen and oxygen atoms in total. The lowest BCUT2D eigenvalue weighted by molar-refractivity contribution is -0.116. The molecule has 0 fully saturated rings. The molecule has 3 N–H and O–H groups in total. The average Bonchev–Trinajstić information content (AvgIpc) is 3.02. The van der Waals surface area contributed by atoms with Crippen molar-refractivity contribution in [1.29, 1.82) is 0 Å². The van der Waals surface area contributed by atoms with E-state index in [2.05, 4.69) is 10.3 Å². The topological polar surface area (TPSA) is 72.9 Å². The third kappa shape index (κ3) is 1.75. The van der Waals surface area contributed by atoms with Crippen molar-refractivity contribution >= 4 is 34.2 Å². The summed E-state index contributed by atoms with van der Waals surface area (Å²) >= 11 is 6.37. The number of anilines is 1. The molecule has 1 aliphatic rings. The van der Waals surface area contributed by atoms with E-state index in [4.69, 9.17) is 17.3 Å². The van der Waals surface area contributed by atoms with Gasteiger partial charge in [0.05, 0.1) is 21.7 Å². The molecule has 1 amide bonds. The molecule has 2 aromatic carbocycles. The van der Waals surface area contributed by atoms with Gasteiger partial charge < -0.3 is 11.1 Å². The summed E-state index contributed by atoms with van der Waals surface area (Å²) in [6.45, 7) is 0. The number of benzene rings is 2. The zero-order chi connectivity index (χ0) is 14.6. The molecule has 0 radical (unpaired) electrons. The summed E-state index contributed by atoms with van der Waals surface area (Å²) in [5, 5.41) is 3.30. The third-order valence-corrected chi connectivity index (χ3v) is 4.01. The smallest absolute Gasteiger partial charge is 0.245 e. The maximum Gasteiger partial charge on any atom is 0.245 e. The lowest BCUT2D eigenvalue weighted by atomic mass is 10.1. The Morgan fingerprint density at radius 2 is 2.10 bits per heavy atom. The highest BCUT2D eigenvalue weighted by Crippen LogP contribution is 2.36. The Bertz CT molecular complexity index is 887. The van der Waals surface area contributed by atoms with Gasteiger partial charge in [0.25, 0.3) is 0 Å². The summed E-state index contributed by atoms with van der Waals surface area (Å²) in [7, 11) is 0. The Morgan fingerprint density at radius 1 is 1.29 bits per heavy atom. The van der Waals surface area contributed by atoms with Crippen LogP contribution < -0.4 is 11.1 Å². The molecule has 0 bridgehead atoms. The van der Waals surface area contributed by atoms with Crippen LogP contribution in [0.2, 0.25) is 5.02 Å². The van der Waals surface area contributed by atoms with Crippen LogP contribution in [0.5, 0.6) is 0 Å². The van der Waals surface area contributed by atoms with Gasteiger partial charge in [0, 0.05) is 11.3 Å². The van der Waals surface area contributed by atoms with E-state index in [1.54, 1.807) is 12.4 Å². The number of amides is 1. The van der Waals surface area contributed by atoms with Crippen LogP contribution in [0, 0.1) is 0 Å². The fraction of sp³-hybridized carbons (Fsp3) is 0.0667. The quantitative estimate of drug-likeness (QED) is 0.725. The Morgan fingerprint density at radius 3 is 2.95 bits per heavy atom. The first-order valence-electron chi connectivity index (χ1n) is 6.47. The fourth-order valence-electron chi connectivity index (χ4n) is 2.63. The minimum Gasteiger partial charge on any atom is -0.324 e. The number of para-hydroxylation sites is 2. The van der Waals surface area contributed by atoms with Crippen molar-refractivity contribution in [2.75, 3.05) is 5.32 Å². The van der Waals surface area contributed by atoms with Crippen molar-refractivity contribution < 1.29 is 4.79 Å². The maximum absolute atomic E-state index is 11.7. The van der Waals surface area contributed by atoms with Gasteiger partial charge in [-0.05, 0) is 24.3 Å². The minimum absolute atomic E-state index is 0.214. The van der Waals surface area contributed by atoms with Gasteiger partial charge >= 0.3 is 0 Å². The minimum atomic E-state index is -0.661. The SMILES string of the molecule is NC1C(=O)Nc2cc(-n3cnc4ccccc43)c(Cl)cc21. The molecule has 1 unspecified atom stereocenters. The highest BCUT2D eigenvalue weighted by molar-refractivity contribution is 6.33. The average molecular weight is 299 g/mol. The molecule has 1 aromatic heterocycles. The van der Waals surface area contributed by atoms with Crippen LogP contribution in [0.25, 0.3) is 16.7 Å². The van der Waals surface area contributed by atoms with Crippen molar-refractivity contribution in [3.8, 4) is 5.69 Å². The van der Waals surface area contributed by atoms with Gasteiger partial charge in [-0.3, -0.25) is 9.36 Å². The normalized spacial score (nSPS) is 17.0. The van der Waals surface area contributed by atoms with E-state index in [0.717, 1.165) is 22.3 Å². The Balaban J connectivity index is 1.94. The van der Waals surface area contributed by atoms with Crippen LogP contribution in [0.1, 0.15) is 11.6 Å². The standard InChI is InChI=1S/C15H11ClN4O/c16-9-5-8-11(19-15(21)14(8)17)6-13(9)20-7-18-10-3-1-2-4-12(10)20/h1-7,14H,17H2,(H,19,21). The molecular weight excluding hydrogens is 288 g/mol. The monoisotopic (exact) mass is 298 g/mol. The lowest BCUT2D eigenvalue weighted by Gasteiger charge is -2.10. The lowest BCUT2D eigenvalue weighted by Crippen LogP contribution is -2.19. The number of nitrogens with one attached hydrogen (secondary N) is 1. The van der Waals surface area contributed by atoms with Crippen LogP contribution >= 0.6 is 11.6 Å². The Kier molecular flexibility index (Phi) is 2.54. The molecule has 0 spiro atoms. The van der Waals surface area contributed by atoms with Gasteiger partial charge in [0.1, 0.15) is 12.4 Å². The second-order valence-electron chi connectivity index (χ2n) is 4.96. The summed E-state index contributed by atoms with van der Waals surface area (Å²) < 4.78 is 1.90. The number of hydrogen-bond acceptors (Lipinski definition) is 3. The molecule has 0 saturated heterocycles. The number of nitrogens with two attached hydrogens (primary N) is 1. The van der Waals surface area contributed by atoms with E-state index in [9.17, 15) is 4.79 Å². The van der Waals surface area contributed by atoms with Crippen molar-refractivity contribution in [1.82, 2.24) is 9.55 Å². The van der Waals surface area contributed by atoms with Crippen LogP contribution in [0.4, 0.5) is 5.69 Å². The van der Waals surface area contributed by atoms with Crippen LogP contribution in [0.15, 0.2) is 42.7 Å². The number of aromatic nitrogens is 2. The fourth-order valence-corrected chi connectivity index (χ4v) is 2.89. The molecule has 21 heavy (non-hydrogen) atoms. The summed E-state index contributed by atoms with van der Waals surface area (Å²) in [6.07, 6.45) is 1.72. The molecule has 0 saturated carbocycles. The molecule has 2 heterocycles. The van der Waals surface area contributed by atoms with Crippen molar-refractivity contribution in [3.63, 3.8) is 0 Å². The third-order valence-electron chi connectivity index (χ3n) is 3.71. The number of imidazole rings is 1. The number of carbonyl (C=O) groups excluding carboxylic acids is 1. The number of nitrogens with zero attached hydrogens (tertiary/aromatic N) is 2. The molecular formula is C15H11ClN4O. The molecule has 1 aliphatic heterocycles. The molecule has 3 aromatic rings. The maximum atomic E-state index is 11.7. The van der Waals surface area contributed by atoms with Gasteiger partial charge in [-0.1, -0.05) is 23.7 Å². The first-order chi connectivity index (χ1) is 10.1. The number of halogens is 1. The molecule has 104 valence electrons. The first-order valence-corrected chi connectivity index (χ1v) is 6.85. The van der Waals surface area contributed by atoms with Crippen LogP contribution in [0.3, 0.4) is 0 Å². The molecule has 6 heteroatoms. The van der Waals surface area contributed by atoms with Crippen molar-refractivity contribution in [2.45, 2.75) is 6.04 Å². The van der Waals surface area contributed by atoms with Crippen LogP contribution in [-0.4, -0.2) is 15.5 Å². The van der Waals surface area contributed by atoms with E-state index in [0.29, 0.717) is 10.7 Å². The number of hydrogen-bond donors (Lipinski definition) is 2. The molecule has 0 aliphatic carbocycles. The predicted octanol–water partition coefficient (Wildman–Crippen LogP) is 2.63. The second-order valence-corrected chi connectivity index (χ2v) is 5.37. The Labute approximate surface area is 125 Å². The van der Waals surface area contributed by atoms with E-state index in [1.807, 2.05) is 34.9 Å². The van der Waals surface area contributed by atoms with E-state index in [1.165, 1.54) is 0 Å². The van der Waals surface area contributed by atoms with Gasteiger partial charge in [0.2, 0.25) is 5.91 Å². The van der Waals surface area contributed by atoms with Crippen molar-refractivity contribution in [3.05, 3.63) is 53.3 Å². The number of fused-ring (bicyclic) bond motifs is 2. The highest BCUT2D eigenvalue weighted by atomic mass is 35.5. The van der Waals surface area contributed by atoms with Gasteiger partial charge in [0.15, 0.2) is 0 Å². The zero-order valence-electron chi connectivity index (χ0n) is 10.9. The largest absolute Gasteiger partial charge is 0.324 e. The van der Waals surface area contributed by atoms with E-state index in [-0.39, 0.29) is 5.91 Å². The molecule has 4 rings (SSSR count). The zero-order valence-corrected chi connectivity index (χ0v) is 11.6. The van der Waals surface area contributed by atoms with Gasteiger partial charge in [-0.2, -0.15) is 0 Å². The predicted molar refractivity (Wildman–Crippen MR) is 81.6 cm³/mol.